The summed E-state index contributed by atoms with van der Waals surface area (Å²) in [6, 6.07) is 0. The van der Waals surface area contributed by atoms with Crippen LogP contribution in [0.1, 0.15) is 0 Å². The molecular formula is C3H8BI. The highest BCUT2D eigenvalue weighted by Crippen LogP contribution is 1.61. The Bertz CT molecular complexity index is 20.9. The van der Waals surface area contributed by atoms with Crippen molar-refractivity contribution in [2.75, 3.05) is 0 Å². The third-order valence-corrected chi connectivity index (χ3v) is 0.289. The fourth-order valence-electron chi connectivity index (χ4n) is 0. The van der Waals surface area contributed by atoms with Crippen molar-refractivity contribution in [1.82, 2.24) is 0 Å². The molecular weight excluding hydrogens is 174 g/mol. The van der Waals surface area contributed by atoms with Crippen molar-refractivity contribution in [3.8, 4) is 0 Å². The van der Waals surface area contributed by atoms with Gasteiger partial charge in [-0.25, -0.2) is 0 Å². The molecule has 0 atom stereocenters. The Hall–Kier alpha value is 0.535. The van der Waals surface area contributed by atoms with Crippen LogP contribution in [0, 0.1) is 0 Å². The average molecular weight is 182 g/mol. The molecule has 0 bridgehead atoms. The van der Waals surface area contributed by atoms with Gasteiger partial charge in [0.05, 0.1) is 0 Å². The maximum Gasteiger partial charge on any atom is 0.106 e. The first-order valence-electron chi connectivity index (χ1n) is 1.52. The second kappa shape index (κ2) is 8.82. The van der Waals surface area contributed by atoms with Crippen LogP contribution in [-0.4, -0.2) is 7.85 Å². The summed E-state index contributed by atoms with van der Waals surface area (Å²) >= 11 is 0. The van der Waals surface area contributed by atoms with Gasteiger partial charge in [0, 0.05) is 0 Å². The molecule has 0 heterocycles. The van der Waals surface area contributed by atoms with Gasteiger partial charge >= 0.3 is 0 Å². The summed E-state index contributed by atoms with van der Waals surface area (Å²) in [7, 11) is 2.06. The predicted molar refractivity (Wildman–Crippen MR) is 39.0 cm³/mol. The number of halogens is 1. The van der Waals surface area contributed by atoms with E-state index in [0.717, 1.165) is 6.32 Å². The largest absolute Gasteiger partial charge is 0.107 e. The summed E-state index contributed by atoms with van der Waals surface area (Å²) in [5.74, 6) is 0. The minimum Gasteiger partial charge on any atom is -0.107 e. The van der Waals surface area contributed by atoms with Crippen molar-refractivity contribution < 1.29 is 0 Å². The summed E-state index contributed by atoms with van der Waals surface area (Å²) < 4.78 is 0. The summed E-state index contributed by atoms with van der Waals surface area (Å²) in [6.07, 6.45) is 2.96. The van der Waals surface area contributed by atoms with Crippen LogP contribution in [0.25, 0.3) is 0 Å². The highest BCUT2D eigenvalue weighted by molar-refractivity contribution is 14.0. The molecule has 5 heavy (non-hydrogen) atoms. The molecule has 0 aliphatic rings. The smallest absolute Gasteiger partial charge is 0.106 e. The minimum absolute atomic E-state index is 0. The molecule has 0 aliphatic heterocycles. The Morgan fingerprint density at radius 3 is 2.00 bits per heavy atom. The van der Waals surface area contributed by atoms with Crippen molar-refractivity contribution in [3.05, 3.63) is 12.7 Å². The van der Waals surface area contributed by atoms with Crippen molar-refractivity contribution >= 4 is 31.8 Å². The van der Waals surface area contributed by atoms with Crippen molar-refractivity contribution in [2.45, 2.75) is 6.32 Å². The topological polar surface area (TPSA) is 0 Å². The van der Waals surface area contributed by atoms with E-state index in [-0.39, 0.29) is 24.0 Å². The molecule has 0 aromatic heterocycles. The molecule has 2 heteroatoms. The third kappa shape index (κ3) is 12.4. The summed E-state index contributed by atoms with van der Waals surface area (Å²) in [6.45, 7) is 3.48. The standard InChI is InChI=1S/C3H7B.HI/c1-2-3-4;/h2H,1,3-4H2;1H. The fraction of sp³-hybridized carbons (Fsp3) is 0.333. The SMILES string of the molecule is BCC=C.I. The van der Waals surface area contributed by atoms with E-state index in [1.165, 1.54) is 0 Å². The first-order valence-corrected chi connectivity index (χ1v) is 1.52. The molecule has 0 aromatic carbocycles. The molecule has 0 spiro atoms. The van der Waals surface area contributed by atoms with Gasteiger partial charge in [-0.2, -0.15) is 0 Å². The maximum absolute atomic E-state index is 3.48. The molecule has 0 rings (SSSR count). The molecule has 0 saturated carbocycles. The van der Waals surface area contributed by atoms with E-state index in [9.17, 15) is 0 Å². The van der Waals surface area contributed by atoms with Gasteiger partial charge in [-0.05, 0) is 0 Å². The van der Waals surface area contributed by atoms with Crippen LogP contribution in [0.2, 0.25) is 6.32 Å². The van der Waals surface area contributed by atoms with Crippen LogP contribution in [-0.2, 0) is 0 Å². The van der Waals surface area contributed by atoms with E-state index in [2.05, 4.69) is 14.4 Å². The van der Waals surface area contributed by atoms with E-state index in [4.69, 9.17) is 0 Å². The van der Waals surface area contributed by atoms with Gasteiger partial charge < -0.3 is 0 Å². The molecule has 0 N–H and O–H groups in total. The van der Waals surface area contributed by atoms with Crippen LogP contribution in [0.4, 0.5) is 0 Å². The molecule has 0 amide bonds. The lowest BCUT2D eigenvalue weighted by Crippen LogP contribution is -1.47. The van der Waals surface area contributed by atoms with Gasteiger partial charge in [0.25, 0.3) is 0 Å². The minimum atomic E-state index is 0. The molecule has 0 aliphatic carbocycles. The Kier molecular flexibility index (Phi) is 16.1. The van der Waals surface area contributed by atoms with Crippen LogP contribution >= 0.6 is 24.0 Å². The number of allylic oxidation sites excluding steroid dienone is 1. The summed E-state index contributed by atoms with van der Waals surface area (Å²) in [5.41, 5.74) is 0. The average Bonchev–Trinajstić information content (AvgIpc) is 1.37. The number of hydrogen-bond acceptors (Lipinski definition) is 0. The van der Waals surface area contributed by atoms with Crippen LogP contribution < -0.4 is 0 Å². The zero-order valence-corrected chi connectivity index (χ0v) is 5.73. The lowest BCUT2D eigenvalue weighted by atomic mass is 10.1. The van der Waals surface area contributed by atoms with Crippen molar-refractivity contribution in [3.63, 3.8) is 0 Å². The Morgan fingerprint density at radius 1 is 1.80 bits per heavy atom. The molecule has 30 valence electrons. The Labute approximate surface area is 51.1 Å². The highest BCUT2D eigenvalue weighted by Gasteiger charge is 1.47. The van der Waals surface area contributed by atoms with Gasteiger partial charge in [-0.1, -0.05) is 12.4 Å². The van der Waals surface area contributed by atoms with Gasteiger partial charge in [0.1, 0.15) is 7.85 Å². The number of rotatable bonds is 1. The van der Waals surface area contributed by atoms with Gasteiger partial charge in [-0.15, -0.1) is 30.6 Å². The van der Waals surface area contributed by atoms with Gasteiger partial charge in [0.15, 0.2) is 0 Å². The highest BCUT2D eigenvalue weighted by atomic mass is 127. The maximum atomic E-state index is 3.48. The van der Waals surface area contributed by atoms with Gasteiger partial charge in [-0.3, -0.25) is 0 Å². The monoisotopic (exact) mass is 182 g/mol. The predicted octanol–water partition coefficient (Wildman–Crippen LogP) is 0.842. The molecule has 0 unspecified atom stereocenters. The third-order valence-electron chi connectivity index (χ3n) is 0.289. The van der Waals surface area contributed by atoms with Gasteiger partial charge in [0.2, 0.25) is 0 Å². The summed E-state index contributed by atoms with van der Waals surface area (Å²) in [4.78, 5) is 0. The first-order chi connectivity index (χ1) is 1.91. The van der Waals surface area contributed by atoms with E-state index in [0.29, 0.717) is 0 Å². The Balaban J connectivity index is 0. The molecule has 0 saturated heterocycles. The second-order valence-corrected chi connectivity index (χ2v) is 0.697. The molecule has 0 radical (unpaired) electrons. The first kappa shape index (κ1) is 9.11. The van der Waals surface area contributed by atoms with E-state index in [1.54, 1.807) is 0 Å². The van der Waals surface area contributed by atoms with Crippen LogP contribution in [0.3, 0.4) is 0 Å². The van der Waals surface area contributed by atoms with Crippen molar-refractivity contribution in [2.24, 2.45) is 0 Å². The van der Waals surface area contributed by atoms with E-state index < -0.39 is 0 Å². The lowest BCUT2D eigenvalue weighted by molar-refractivity contribution is 1.76. The summed E-state index contributed by atoms with van der Waals surface area (Å²) in [5, 5.41) is 0. The quantitative estimate of drug-likeness (QED) is 0.320. The van der Waals surface area contributed by atoms with Crippen LogP contribution in [0.15, 0.2) is 12.7 Å². The second-order valence-electron chi connectivity index (χ2n) is 0.697. The van der Waals surface area contributed by atoms with Crippen molar-refractivity contribution in [1.29, 1.82) is 0 Å². The Morgan fingerprint density at radius 2 is 2.00 bits per heavy atom. The van der Waals surface area contributed by atoms with Crippen LogP contribution in [0.5, 0.6) is 0 Å². The zero-order chi connectivity index (χ0) is 3.41. The molecule has 0 nitrogen and oxygen atoms in total. The fourth-order valence-corrected chi connectivity index (χ4v) is 0. The molecule has 0 aromatic rings. The zero-order valence-electron chi connectivity index (χ0n) is 3.40. The van der Waals surface area contributed by atoms with E-state index >= 15 is 0 Å². The van der Waals surface area contributed by atoms with E-state index in [1.807, 2.05) is 6.08 Å². The normalized spacial score (nSPS) is 4.80. The number of hydrogen-bond donors (Lipinski definition) is 0. The molecule has 0 fully saturated rings. The lowest BCUT2D eigenvalue weighted by Gasteiger charge is -1.56.